The number of nitrogens with zero attached hydrogens (tertiary/aromatic N) is 2. The summed E-state index contributed by atoms with van der Waals surface area (Å²) in [5, 5.41) is 6.48. The van der Waals surface area contributed by atoms with Gasteiger partial charge in [-0.3, -0.25) is 9.48 Å². The Balaban J connectivity index is 3.02. The van der Waals surface area contributed by atoms with Crippen molar-refractivity contribution in [2.75, 3.05) is 0 Å². The fourth-order valence-corrected chi connectivity index (χ4v) is 2.01. The van der Waals surface area contributed by atoms with E-state index in [0.717, 1.165) is 10.8 Å². The summed E-state index contributed by atoms with van der Waals surface area (Å²) >= 11 is 0. The van der Waals surface area contributed by atoms with Crippen molar-refractivity contribution in [3.63, 3.8) is 0 Å². The molecule has 0 fully saturated rings. The van der Waals surface area contributed by atoms with Crippen LogP contribution >= 0.6 is 0 Å². The predicted molar refractivity (Wildman–Crippen MR) is 64.5 cm³/mol. The summed E-state index contributed by atoms with van der Waals surface area (Å²) in [6.45, 7) is 7.05. The molecule has 0 spiro atoms. The maximum atomic E-state index is 12.4. The quantitative estimate of drug-likeness (QED) is 0.858. The molecule has 0 saturated carbocycles. The second kappa shape index (κ2) is 5.46. The van der Waals surface area contributed by atoms with Crippen LogP contribution in [0.25, 0.3) is 0 Å². The number of hydrogen-bond donors (Lipinski definition) is 1. The van der Waals surface area contributed by atoms with Crippen LogP contribution in [0, 0.1) is 13.8 Å². The van der Waals surface area contributed by atoms with E-state index >= 15 is 0 Å². The molecule has 0 bridgehead atoms. The van der Waals surface area contributed by atoms with E-state index in [4.69, 9.17) is 0 Å². The molecule has 1 heterocycles. The van der Waals surface area contributed by atoms with Crippen molar-refractivity contribution in [1.82, 2.24) is 15.1 Å². The topological polar surface area (TPSA) is 46.9 Å². The van der Waals surface area contributed by atoms with Crippen LogP contribution < -0.4 is 5.32 Å². The lowest BCUT2D eigenvalue weighted by atomic mass is 10.1. The zero-order chi connectivity index (χ0) is 14.8. The number of halogens is 3. The van der Waals surface area contributed by atoms with Gasteiger partial charge in [0, 0.05) is 11.3 Å². The SMILES string of the molecule is C=CC(=O)N[C@@H](C)c1c(C)nn(CC(F)(F)F)c1C. The fraction of sp³-hybridized carbons (Fsp3) is 0.500. The Kier molecular flexibility index (Phi) is 4.39. The van der Waals surface area contributed by atoms with Crippen molar-refractivity contribution in [2.24, 2.45) is 0 Å². The number of hydrogen-bond acceptors (Lipinski definition) is 2. The van der Waals surface area contributed by atoms with E-state index < -0.39 is 18.8 Å². The first kappa shape index (κ1) is 15.3. The Hall–Kier alpha value is -1.79. The van der Waals surface area contributed by atoms with Gasteiger partial charge in [0.1, 0.15) is 6.54 Å². The van der Waals surface area contributed by atoms with Gasteiger partial charge in [0.2, 0.25) is 5.91 Å². The molecule has 0 unspecified atom stereocenters. The van der Waals surface area contributed by atoms with E-state index in [-0.39, 0.29) is 5.91 Å². The molecule has 0 aliphatic rings. The zero-order valence-electron chi connectivity index (χ0n) is 11.0. The van der Waals surface area contributed by atoms with Gasteiger partial charge < -0.3 is 5.32 Å². The van der Waals surface area contributed by atoms with Gasteiger partial charge in [-0.25, -0.2) is 0 Å². The Morgan fingerprint density at radius 1 is 1.53 bits per heavy atom. The Bertz CT molecular complexity index is 491. The molecule has 1 atom stereocenters. The van der Waals surface area contributed by atoms with Crippen molar-refractivity contribution < 1.29 is 18.0 Å². The molecule has 7 heteroatoms. The number of aromatic nitrogens is 2. The molecular formula is C12H16F3N3O. The first-order valence-electron chi connectivity index (χ1n) is 5.69. The molecule has 1 rings (SSSR count). The molecule has 0 radical (unpaired) electrons. The van der Waals surface area contributed by atoms with Crippen LogP contribution in [-0.2, 0) is 11.3 Å². The molecule has 1 N–H and O–H groups in total. The maximum absolute atomic E-state index is 12.4. The molecule has 0 aromatic carbocycles. The summed E-state index contributed by atoms with van der Waals surface area (Å²) < 4.78 is 38.1. The van der Waals surface area contributed by atoms with Gasteiger partial charge in [-0.2, -0.15) is 18.3 Å². The van der Waals surface area contributed by atoms with Gasteiger partial charge in [0.15, 0.2) is 0 Å². The smallest absolute Gasteiger partial charge is 0.346 e. The summed E-state index contributed by atoms with van der Waals surface area (Å²) in [6, 6.07) is -0.424. The fourth-order valence-electron chi connectivity index (χ4n) is 2.01. The number of aryl methyl sites for hydroxylation is 1. The van der Waals surface area contributed by atoms with Crippen molar-refractivity contribution in [3.05, 3.63) is 29.6 Å². The van der Waals surface area contributed by atoms with Gasteiger partial charge >= 0.3 is 6.18 Å². The molecule has 0 aliphatic carbocycles. The van der Waals surface area contributed by atoms with E-state index in [1.807, 2.05) is 0 Å². The lowest BCUT2D eigenvalue weighted by Gasteiger charge is -2.14. The molecule has 4 nitrogen and oxygen atoms in total. The summed E-state index contributed by atoms with van der Waals surface area (Å²) in [7, 11) is 0. The van der Waals surface area contributed by atoms with Crippen LogP contribution in [0.15, 0.2) is 12.7 Å². The summed E-state index contributed by atoms with van der Waals surface area (Å²) in [6.07, 6.45) is -3.21. The van der Waals surface area contributed by atoms with E-state index in [0.29, 0.717) is 17.0 Å². The minimum absolute atomic E-state index is 0.380. The molecular weight excluding hydrogens is 259 g/mol. The number of nitrogens with one attached hydrogen (secondary N) is 1. The lowest BCUT2D eigenvalue weighted by molar-refractivity contribution is -0.143. The second-order valence-corrected chi connectivity index (χ2v) is 4.29. The predicted octanol–water partition coefficient (Wildman–Crippen LogP) is 2.43. The zero-order valence-corrected chi connectivity index (χ0v) is 11.0. The highest BCUT2D eigenvalue weighted by atomic mass is 19.4. The van der Waals surface area contributed by atoms with Gasteiger partial charge in [-0.1, -0.05) is 6.58 Å². The van der Waals surface area contributed by atoms with Gasteiger partial charge in [0.25, 0.3) is 0 Å². The van der Waals surface area contributed by atoms with Crippen LogP contribution in [0.1, 0.15) is 29.9 Å². The van der Waals surface area contributed by atoms with Gasteiger partial charge in [0.05, 0.1) is 11.7 Å². The molecule has 1 aromatic heterocycles. The largest absolute Gasteiger partial charge is 0.408 e. The summed E-state index contributed by atoms with van der Waals surface area (Å²) in [5.41, 5.74) is 1.46. The third kappa shape index (κ3) is 3.84. The normalized spacial score (nSPS) is 13.2. The van der Waals surface area contributed by atoms with E-state index in [9.17, 15) is 18.0 Å². The highest BCUT2D eigenvalue weighted by Gasteiger charge is 2.30. The number of carbonyl (C=O) groups is 1. The van der Waals surface area contributed by atoms with Crippen LogP contribution in [0.5, 0.6) is 0 Å². The van der Waals surface area contributed by atoms with E-state index in [1.54, 1.807) is 20.8 Å². The van der Waals surface area contributed by atoms with Crippen LogP contribution in [0.4, 0.5) is 13.2 Å². The monoisotopic (exact) mass is 275 g/mol. The molecule has 0 saturated heterocycles. The van der Waals surface area contributed by atoms with E-state index in [1.165, 1.54) is 0 Å². The van der Waals surface area contributed by atoms with Gasteiger partial charge in [-0.15, -0.1) is 0 Å². The first-order chi connectivity index (χ1) is 8.65. The Morgan fingerprint density at radius 2 is 2.11 bits per heavy atom. The lowest BCUT2D eigenvalue weighted by Crippen LogP contribution is -2.25. The highest BCUT2D eigenvalue weighted by molar-refractivity contribution is 5.87. The molecule has 106 valence electrons. The number of amides is 1. The Labute approximate surface area is 109 Å². The molecule has 1 amide bonds. The van der Waals surface area contributed by atoms with Crippen molar-refractivity contribution in [3.8, 4) is 0 Å². The molecule has 19 heavy (non-hydrogen) atoms. The van der Waals surface area contributed by atoms with Crippen LogP contribution in [0.2, 0.25) is 0 Å². The minimum atomic E-state index is -4.33. The number of rotatable bonds is 4. The maximum Gasteiger partial charge on any atom is 0.408 e. The Morgan fingerprint density at radius 3 is 2.58 bits per heavy atom. The number of alkyl halides is 3. The van der Waals surface area contributed by atoms with Crippen molar-refractivity contribution >= 4 is 5.91 Å². The van der Waals surface area contributed by atoms with E-state index in [2.05, 4.69) is 17.0 Å². The third-order valence-corrected chi connectivity index (χ3v) is 2.74. The third-order valence-electron chi connectivity index (χ3n) is 2.74. The molecule has 1 aromatic rings. The second-order valence-electron chi connectivity index (χ2n) is 4.29. The highest BCUT2D eigenvalue weighted by Crippen LogP contribution is 2.24. The van der Waals surface area contributed by atoms with Crippen LogP contribution in [-0.4, -0.2) is 21.9 Å². The van der Waals surface area contributed by atoms with Crippen molar-refractivity contribution in [1.29, 1.82) is 0 Å². The summed E-state index contributed by atoms with van der Waals surface area (Å²) in [5.74, 6) is -0.380. The first-order valence-corrected chi connectivity index (χ1v) is 5.69. The average molecular weight is 275 g/mol. The number of carbonyl (C=O) groups excluding carboxylic acids is 1. The van der Waals surface area contributed by atoms with Crippen molar-refractivity contribution in [2.45, 2.75) is 39.5 Å². The summed E-state index contributed by atoms with van der Waals surface area (Å²) in [4.78, 5) is 11.2. The standard InChI is InChI=1S/C12H16F3N3O/c1-5-10(19)16-7(2)11-8(3)17-18(9(11)4)6-12(13,14)15/h5,7H,1,6H2,2-4H3,(H,16,19)/t7-/m0/s1. The molecule has 0 aliphatic heterocycles. The van der Waals surface area contributed by atoms with Gasteiger partial charge in [-0.05, 0) is 26.8 Å². The average Bonchev–Trinajstić information content (AvgIpc) is 2.51. The van der Waals surface area contributed by atoms with Crippen LogP contribution in [0.3, 0.4) is 0 Å². The minimum Gasteiger partial charge on any atom is -0.346 e.